The Balaban J connectivity index is 2.29. The minimum Gasteiger partial charge on any atom is -0.480 e. The molecule has 0 saturated heterocycles. The van der Waals surface area contributed by atoms with Crippen LogP contribution >= 0.6 is 11.3 Å². The summed E-state index contributed by atoms with van der Waals surface area (Å²) in [5.41, 5.74) is 0. The lowest BCUT2D eigenvalue weighted by molar-refractivity contribution is -0.142. The zero-order valence-electron chi connectivity index (χ0n) is 11.6. The third-order valence-corrected chi connectivity index (χ3v) is 3.50. The van der Waals surface area contributed by atoms with Crippen molar-refractivity contribution >= 4 is 29.1 Å². The van der Waals surface area contributed by atoms with Crippen LogP contribution in [-0.4, -0.2) is 49.2 Å². The number of ether oxygens (including phenoxy) is 1. The predicted octanol–water partition coefficient (Wildman–Crippen LogP) is 0.474. The molecule has 1 heterocycles. The third kappa shape index (κ3) is 6.37. The normalized spacial score (nSPS) is 11.7. The monoisotopic (exact) mass is 314 g/mol. The minimum absolute atomic E-state index is 0.0217. The Hall–Kier alpha value is -1.93. The van der Waals surface area contributed by atoms with Crippen molar-refractivity contribution in [2.24, 2.45) is 0 Å². The average Bonchev–Trinajstić information content (AvgIpc) is 2.97. The Morgan fingerprint density at radius 2 is 2.19 bits per heavy atom. The average molecular weight is 314 g/mol. The van der Waals surface area contributed by atoms with Crippen LogP contribution in [0.15, 0.2) is 17.5 Å². The fourth-order valence-electron chi connectivity index (χ4n) is 1.54. The van der Waals surface area contributed by atoms with Crippen LogP contribution in [0.4, 0.5) is 0 Å². The number of carboxylic acids is 1. The second kappa shape index (κ2) is 9.09. The van der Waals surface area contributed by atoms with E-state index in [0.29, 0.717) is 4.88 Å². The fourth-order valence-corrected chi connectivity index (χ4v) is 2.18. The van der Waals surface area contributed by atoms with Crippen molar-refractivity contribution < 1.29 is 24.2 Å². The van der Waals surface area contributed by atoms with Gasteiger partial charge in [-0.3, -0.25) is 9.59 Å². The molecule has 1 aromatic rings. The van der Waals surface area contributed by atoms with Gasteiger partial charge in [0.1, 0.15) is 6.04 Å². The highest BCUT2D eigenvalue weighted by molar-refractivity contribution is 7.12. The minimum atomic E-state index is -1.11. The van der Waals surface area contributed by atoms with Gasteiger partial charge in [0.25, 0.3) is 5.91 Å². The Bertz CT molecular complexity index is 475. The van der Waals surface area contributed by atoms with Crippen molar-refractivity contribution in [3.05, 3.63) is 22.4 Å². The van der Waals surface area contributed by atoms with Gasteiger partial charge in [-0.15, -0.1) is 11.3 Å². The van der Waals surface area contributed by atoms with Crippen LogP contribution < -0.4 is 10.6 Å². The maximum Gasteiger partial charge on any atom is 0.326 e. The molecule has 1 aromatic heterocycles. The van der Waals surface area contributed by atoms with Gasteiger partial charge in [-0.1, -0.05) is 6.07 Å². The summed E-state index contributed by atoms with van der Waals surface area (Å²) < 4.78 is 4.79. The zero-order valence-corrected chi connectivity index (χ0v) is 12.4. The number of carbonyl (C=O) groups is 3. The van der Waals surface area contributed by atoms with E-state index in [1.54, 1.807) is 17.5 Å². The topological polar surface area (TPSA) is 105 Å². The summed E-state index contributed by atoms with van der Waals surface area (Å²) in [5, 5.41) is 15.7. The summed E-state index contributed by atoms with van der Waals surface area (Å²) in [4.78, 5) is 34.7. The lowest BCUT2D eigenvalue weighted by Crippen LogP contribution is -2.42. The number of aliphatic carboxylic acids is 1. The first-order chi connectivity index (χ1) is 10.0. The molecule has 8 heteroatoms. The van der Waals surface area contributed by atoms with Gasteiger partial charge in [-0.2, -0.15) is 0 Å². The molecule has 0 aromatic carbocycles. The Morgan fingerprint density at radius 3 is 2.76 bits per heavy atom. The van der Waals surface area contributed by atoms with Crippen LogP contribution in [-0.2, 0) is 14.3 Å². The molecule has 0 aliphatic rings. The van der Waals surface area contributed by atoms with E-state index in [1.165, 1.54) is 18.4 Å². The van der Waals surface area contributed by atoms with Crippen LogP contribution in [0.3, 0.4) is 0 Å². The molecule has 0 aliphatic carbocycles. The highest BCUT2D eigenvalue weighted by atomic mass is 32.1. The number of nitrogens with one attached hydrogen (secondary N) is 2. The number of hydrogen-bond acceptors (Lipinski definition) is 5. The van der Waals surface area contributed by atoms with Gasteiger partial charge in [0.05, 0.1) is 4.88 Å². The zero-order chi connectivity index (χ0) is 15.7. The van der Waals surface area contributed by atoms with E-state index < -0.39 is 17.9 Å². The Labute approximate surface area is 126 Å². The van der Waals surface area contributed by atoms with E-state index in [4.69, 9.17) is 9.84 Å². The van der Waals surface area contributed by atoms with Crippen molar-refractivity contribution in [1.29, 1.82) is 0 Å². The maximum absolute atomic E-state index is 11.6. The molecular weight excluding hydrogens is 296 g/mol. The first-order valence-corrected chi connectivity index (χ1v) is 7.25. The molecule has 0 radical (unpaired) electrons. The van der Waals surface area contributed by atoms with Gasteiger partial charge in [-0.05, 0) is 11.4 Å². The van der Waals surface area contributed by atoms with E-state index in [2.05, 4.69) is 10.6 Å². The summed E-state index contributed by atoms with van der Waals surface area (Å²) >= 11 is 1.31. The molecule has 7 nitrogen and oxygen atoms in total. The van der Waals surface area contributed by atoms with Crippen molar-refractivity contribution in [2.75, 3.05) is 20.3 Å². The molecular formula is C13H18N2O5S. The Morgan fingerprint density at radius 1 is 1.43 bits per heavy atom. The van der Waals surface area contributed by atoms with Crippen molar-refractivity contribution in [1.82, 2.24) is 10.6 Å². The highest BCUT2D eigenvalue weighted by Gasteiger charge is 2.19. The van der Waals surface area contributed by atoms with Crippen LogP contribution in [0, 0.1) is 0 Å². The fraction of sp³-hybridized carbons (Fsp3) is 0.462. The number of amides is 2. The second-order valence-electron chi connectivity index (χ2n) is 4.22. The molecule has 2 amide bonds. The van der Waals surface area contributed by atoms with E-state index in [0.717, 1.165) is 0 Å². The third-order valence-electron chi connectivity index (χ3n) is 2.63. The first kappa shape index (κ1) is 17.1. The first-order valence-electron chi connectivity index (χ1n) is 6.37. The van der Waals surface area contributed by atoms with E-state index in [1.807, 2.05) is 0 Å². The number of carbonyl (C=O) groups excluding carboxylic acids is 2. The van der Waals surface area contributed by atoms with Gasteiger partial charge in [0.2, 0.25) is 5.91 Å². The number of rotatable bonds is 9. The lowest BCUT2D eigenvalue weighted by atomic mass is 10.2. The summed E-state index contributed by atoms with van der Waals surface area (Å²) in [6, 6.07) is 2.47. The molecule has 0 saturated carbocycles. The molecule has 3 N–H and O–H groups in total. The molecule has 0 bridgehead atoms. The molecule has 1 rings (SSSR count). The van der Waals surface area contributed by atoms with Crippen molar-refractivity contribution in [3.8, 4) is 0 Å². The molecule has 0 aliphatic heterocycles. The van der Waals surface area contributed by atoms with Gasteiger partial charge in [0, 0.05) is 33.1 Å². The molecule has 0 fully saturated rings. The smallest absolute Gasteiger partial charge is 0.326 e. The summed E-state index contributed by atoms with van der Waals surface area (Å²) in [6.07, 6.45) is 0.215. The molecule has 21 heavy (non-hydrogen) atoms. The highest BCUT2D eigenvalue weighted by Crippen LogP contribution is 2.07. The van der Waals surface area contributed by atoms with E-state index in [9.17, 15) is 14.4 Å². The summed E-state index contributed by atoms with van der Waals surface area (Å²) in [7, 11) is 1.46. The van der Waals surface area contributed by atoms with Crippen LogP contribution in [0.1, 0.15) is 22.5 Å². The summed E-state index contributed by atoms with van der Waals surface area (Å²) in [6.45, 7) is 0.394. The quantitative estimate of drug-likeness (QED) is 0.615. The molecule has 0 spiro atoms. The summed E-state index contributed by atoms with van der Waals surface area (Å²) in [5.74, 6) is -1.78. The predicted molar refractivity (Wildman–Crippen MR) is 77.3 cm³/mol. The van der Waals surface area contributed by atoms with E-state index in [-0.39, 0.29) is 31.9 Å². The maximum atomic E-state index is 11.6. The van der Waals surface area contributed by atoms with Gasteiger partial charge < -0.3 is 20.5 Å². The van der Waals surface area contributed by atoms with Gasteiger partial charge in [-0.25, -0.2) is 4.79 Å². The second-order valence-corrected chi connectivity index (χ2v) is 5.17. The lowest BCUT2D eigenvalue weighted by Gasteiger charge is -2.14. The van der Waals surface area contributed by atoms with Crippen molar-refractivity contribution in [3.63, 3.8) is 0 Å². The molecule has 116 valence electrons. The number of methoxy groups -OCH3 is 1. The number of hydrogen-bond donors (Lipinski definition) is 3. The largest absolute Gasteiger partial charge is 0.480 e. The standard InChI is InChI=1S/C13H18N2O5S/c1-20-7-5-9(13(18)19)15-11(16)4-6-14-12(17)10-3-2-8-21-10/h2-3,8-9H,4-7H2,1H3,(H,14,17)(H,15,16)(H,18,19). The van der Waals surface area contributed by atoms with Gasteiger partial charge in [0.15, 0.2) is 0 Å². The Kier molecular flexibility index (Phi) is 7.41. The number of carboxylic acid groups (broad SMARTS) is 1. The van der Waals surface area contributed by atoms with Crippen LogP contribution in [0.2, 0.25) is 0 Å². The van der Waals surface area contributed by atoms with Gasteiger partial charge >= 0.3 is 5.97 Å². The SMILES string of the molecule is COCCC(NC(=O)CCNC(=O)c1cccs1)C(=O)O. The molecule has 1 atom stereocenters. The van der Waals surface area contributed by atoms with Crippen LogP contribution in [0.5, 0.6) is 0 Å². The molecule has 1 unspecified atom stereocenters. The van der Waals surface area contributed by atoms with Crippen molar-refractivity contribution in [2.45, 2.75) is 18.9 Å². The van der Waals surface area contributed by atoms with Crippen LogP contribution in [0.25, 0.3) is 0 Å². The number of thiophene rings is 1. The van der Waals surface area contributed by atoms with E-state index >= 15 is 0 Å².